The number of halogens is 1. The third-order valence-corrected chi connectivity index (χ3v) is 5.09. The fourth-order valence-corrected chi connectivity index (χ4v) is 3.43. The Morgan fingerprint density at radius 1 is 1.15 bits per heavy atom. The molecule has 134 valence electrons. The molecule has 1 saturated heterocycles. The minimum atomic E-state index is -0.646. The van der Waals surface area contributed by atoms with E-state index in [0.29, 0.717) is 31.0 Å². The average molecular weight is 417 g/mol. The van der Waals surface area contributed by atoms with Crippen molar-refractivity contribution in [2.75, 3.05) is 18.2 Å². The molecule has 1 fully saturated rings. The number of amides is 2. The standard InChI is InChI=1S/C19H17BrN2O4/c20-13-2-4-14(5-3-13)22-8-7-15(19(22)24)18(23)21-10-12-1-6-16-17(9-12)26-11-25-16/h1-6,9,15H,7-8,10-11H2,(H,21,23). The van der Waals surface area contributed by atoms with Crippen molar-refractivity contribution < 1.29 is 19.1 Å². The van der Waals surface area contributed by atoms with Crippen LogP contribution < -0.4 is 19.7 Å². The van der Waals surface area contributed by atoms with E-state index in [2.05, 4.69) is 21.2 Å². The van der Waals surface area contributed by atoms with Gasteiger partial charge in [0, 0.05) is 23.2 Å². The molecular formula is C19H17BrN2O4. The van der Waals surface area contributed by atoms with Crippen LogP contribution in [-0.2, 0) is 16.1 Å². The van der Waals surface area contributed by atoms with E-state index in [4.69, 9.17) is 9.47 Å². The first-order chi connectivity index (χ1) is 12.6. The minimum absolute atomic E-state index is 0.157. The van der Waals surface area contributed by atoms with Crippen LogP contribution in [-0.4, -0.2) is 25.2 Å². The highest BCUT2D eigenvalue weighted by Crippen LogP contribution is 2.32. The number of carbonyl (C=O) groups excluding carboxylic acids is 2. The number of hydrogen-bond donors (Lipinski definition) is 1. The van der Waals surface area contributed by atoms with Crippen LogP contribution >= 0.6 is 15.9 Å². The highest BCUT2D eigenvalue weighted by atomic mass is 79.9. The Kier molecular flexibility index (Phi) is 4.55. The SMILES string of the molecule is O=C(NCc1ccc2c(c1)OCO2)C1CCN(c2ccc(Br)cc2)C1=O. The molecule has 2 aliphatic heterocycles. The van der Waals surface area contributed by atoms with Gasteiger partial charge in [0.1, 0.15) is 5.92 Å². The molecule has 0 spiro atoms. The van der Waals surface area contributed by atoms with Crippen LogP contribution in [0, 0.1) is 5.92 Å². The largest absolute Gasteiger partial charge is 0.454 e. The van der Waals surface area contributed by atoms with Crippen LogP contribution in [0.4, 0.5) is 5.69 Å². The van der Waals surface area contributed by atoms with E-state index < -0.39 is 5.92 Å². The molecule has 0 radical (unpaired) electrons. The quantitative estimate of drug-likeness (QED) is 0.778. The van der Waals surface area contributed by atoms with Gasteiger partial charge in [0.05, 0.1) is 0 Å². The zero-order valence-corrected chi connectivity index (χ0v) is 15.5. The number of nitrogens with zero attached hydrogens (tertiary/aromatic N) is 1. The summed E-state index contributed by atoms with van der Waals surface area (Å²) in [6.45, 7) is 1.10. The average Bonchev–Trinajstić information content (AvgIpc) is 3.26. The predicted molar refractivity (Wildman–Crippen MR) is 99.0 cm³/mol. The summed E-state index contributed by atoms with van der Waals surface area (Å²) in [5.41, 5.74) is 1.71. The molecule has 0 aromatic heterocycles. The minimum Gasteiger partial charge on any atom is -0.454 e. The molecule has 1 atom stereocenters. The van der Waals surface area contributed by atoms with Gasteiger partial charge in [-0.05, 0) is 48.4 Å². The van der Waals surface area contributed by atoms with Crippen LogP contribution in [0.3, 0.4) is 0 Å². The second kappa shape index (κ2) is 6.99. The Bertz CT molecular complexity index is 853. The van der Waals surface area contributed by atoms with E-state index in [1.807, 2.05) is 42.5 Å². The number of ether oxygens (including phenoxy) is 2. The summed E-state index contributed by atoms with van der Waals surface area (Å²) < 4.78 is 11.6. The topological polar surface area (TPSA) is 67.9 Å². The van der Waals surface area contributed by atoms with Crippen molar-refractivity contribution in [2.45, 2.75) is 13.0 Å². The molecule has 2 aliphatic rings. The Labute approximate surface area is 159 Å². The monoisotopic (exact) mass is 416 g/mol. The van der Waals surface area contributed by atoms with Crippen molar-refractivity contribution in [2.24, 2.45) is 5.92 Å². The number of anilines is 1. The van der Waals surface area contributed by atoms with Crippen LogP contribution in [0.15, 0.2) is 46.9 Å². The van der Waals surface area contributed by atoms with Gasteiger partial charge in [0.2, 0.25) is 18.6 Å². The van der Waals surface area contributed by atoms with Gasteiger partial charge in [0.15, 0.2) is 11.5 Å². The van der Waals surface area contributed by atoms with Crippen molar-refractivity contribution in [3.63, 3.8) is 0 Å². The molecular weight excluding hydrogens is 400 g/mol. The normalized spacial score (nSPS) is 18.3. The van der Waals surface area contributed by atoms with Crippen molar-refractivity contribution in [3.8, 4) is 11.5 Å². The van der Waals surface area contributed by atoms with Crippen LogP contribution in [0.2, 0.25) is 0 Å². The summed E-state index contributed by atoms with van der Waals surface area (Å²) in [7, 11) is 0. The van der Waals surface area contributed by atoms with Crippen molar-refractivity contribution in [1.29, 1.82) is 0 Å². The van der Waals surface area contributed by atoms with Gasteiger partial charge in [-0.25, -0.2) is 0 Å². The summed E-state index contributed by atoms with van der Waals surface area (Å²) in [5.74, 6) is 0.335. The van der Waals surface area contributed by atoms with Gasteiger partial charge in [-0.1, -0.05) is 22.0 Å². The molecule has 2 heterocycles. The van der Waals surface area contributed by atoms with E-state index in [-0.39, 0.29) is 18.6 Å². The molecule has 1 N–H and O–H groups in total. The van der Waals surface area contributed by atoms with E-state index in [1.54, 1.807) is 4.90 Å². The van der Waals surface area contributed by atoms with E-state index in [9.17, 15) is 9.59 Å². The Hall–Kier alpha value is -2.54. The fourth-order valence-electron chi connectivity index (χ4n) is 3.16. The van der Waals surface area contributed by atoms with E-state index in [0.717, 1.165) is 15.7 Å². The first-order valence-corrected chi connectivity index (χ1v) is 9.14. The molecule has 7 heteroatoms. The second-order valence-electron chi connectivity index (χ2n) is 6.21. The summed E-state index contributed by atoms with van der Waals surface area (Å²) in [6, 6.07) is 13.0. The maximum absolute atomic E-state index is 12.6. The molecule has 2 amide bonds. The lowest BCUT2D eigenvalue weighted by molar-refractivity contribution is -0.132. The maximum Gasteiger partial charge on any atom is 0.239 e. The molecule has 6 nitrogen and oxygen atoms in total. The lowest BCUT2D eigenvalue weighted by atomic mass is 10.1. The Balaban J connectivity index is 1.38. The summed E-state index contributed by atoms with van der Waals surface area (Å²) in [4.78, 5) is 26.7. The number of hydrogen-bond acceptors (Lipinski definition) is 4. The maximum atomic E-state index is 12.6. The zero-order chi connectivity index (χ0) is 18.1. The predicted octanol–water partition coefficient (Wildman–Crippen LogP) is 2.85. The van der Waals surface area contributed by atoms with Crippen LogP contribution in [0.5, 0.6) is 11.5 Å². The van der Waals surface area contributed by atoms with Gasteiger partial charge < -0.3 is 19.7 Å². The van der Waals surface area contributed by atoms with Crippen molar-refractivity contribution >= 4 is 33.4 Å². The summed E-state index contributed by atoms with van der Waals surface area (Å²) in [6.07, 6.45) is 0.516. The van der Waals surface area contributed by atoms with E-state index >= 15 is 0 Å². The first kappa shape index (κ1) is 16.9. The van der Waals surface area contributed by atoms with Crippen LogP contribution in [0.25, 0.3) is 0 Å². The van der Waals surface area contributed by atoms with Crippen molar-refractivity contribution in [3.05, 3.63) is 52.5 Å². The molecule has 4 rings (SSSR count). The number of fused-ring (bicyclic) bond motifs is 1. The molecule has 0 aliphatic carbocycles. The van der Waals surface area contributed by atoms with Gasteiger partial charge in [-0.2, -0.15) is 0 Å². The van der Waals surface area contributed by atoms with Gasteiger partial charge in [-0.3, -0.25) is 9.59 Å². The molecule has 2 aromatic rings. The number of carbonyl (C=O) groups is 2. The third kappa shape index (κ3) is 3.26. The summed E-state index contributed by atoms with van der Waals surface area (Å²) >= 11 is 3.38. The first-order valence-electron chi connectivity index (χ1n) is 8.35. The molecule has 0 bridgehead atoms. The van der Waals surface area contributed by atoms with Gasteiger partial charge in [-0.15, -0.1) is 0 Å². The Morgan fingerprint density at radius 3 is 2.73 bits per heavy atom. The highest BCUT2D eigenvalue weighted by Gasteiger charge is 2.37. The van der Waals surface area contributed by atoms with Gasteiger partial charge >= 0.3 is 0 Å². The number of rotatable bonds is 4. The second-order valence-corrected chi connectivity index (χ2v) is 7.13. The lowest BCUT2D eigenvalue weighted by Gasteiger charge is -2.17. The number of nitrogens with one attached hydrogen (secondary N) is 1. The Morgan fingerprint density at radius 2 is 1.92 bits per heavy atom. The molecule has 1 unspecified atom stereocenters. The molecule has 2 aromatic carbocycles. The van der Waals surface area contributed by atoms with Gasteiger partial charge in [0.25, 0.3) is 0 Å². The van der Waals surface area contributed by atoms with Crippen molar-refractivity contribution in [1.82, 2.24) is 5.32 Å². The zero-order valence-electron chi connectivity index (χ0n) is 13.9. The lowest BCUT2D eigenvalue weighted by Crippen LogP contribution is -2.36. The highest BCUT2D eigenvalue weighted by molar-refractivity contribution is 9.10. The summed E-state index contributed by atoms with van der Waals surface area (Å²) in [5, 5.41) is 2.85. The third-order valence-electron chi connectivity index (χ3n) is 4.56. The van der Waals surface area contributed by atoms with Crippen LogP contribution in [0.1, 0.15) is 12.0 Å². The molecule has 26 heavy (non-hydrogen) atoms. The molecule has 0 saturated carbocycles. The fraction of sp³-hybridized carbons (Fsp3) is 0.263. The van der Waals surface area contributed by atoms with E-state index in [1.165, 1.54) is 0 Å². The number of benzene rings is 2. The smallest absolute Gasteiger partial charge is 0.239 e.